The second kappa shape index (κ2) is 18.3. The van der Waals surface area contributed by atoms with Gasteiger partial charge in [0.15, 0.2) is 0 Å². The number of hydrogen-bond donors (Lipinski definition) is 4. The third-order valence-corrected chi connectivity index (χ3v) is 17.6. The third kappa shape index (κ3) is 8.56. The van der Waals surface area contributed by atoms with Crippen LogP contribution in [0, 0.1) is 5.92 Å². The zero-order valence-corrected chi connectivity index (χ0v) is 37.6. The first-order chi connectivity index (χ1) is 27.3. The average Bonchev–Trinajstić information content (AvgIpc) is 4.05. The van der Waals surface area contributed by atoms with Gasteiger partial charge in [0.25, 0.3) is 0 Å². The molecule has 0 aromatic heterocycles. The van der Waals surface area contributed by atoms with E-state index >= 15 is 0 Å². The summed E-state index contributed by atoms with van der Waals surface area (Å²) in [7, 11) is 0. The van der Waals surface area contributed by atoms with Crippen LogP contribution in [0.3, 0.4) is 0 Å². The molecule has 57 heavy (non-hydrogen) atoms. The lowest BCUT2D eigenvalue weighted by atomic mass is 9.65. The number of aliphatic hydroxyl groups excluding tert-OH is 1. The lowest BCUT2D eigenvalue weighted by molar-refractivity contribution is -0.0333. The van der Waals surface area contributed by atoms with Crippen molar-refractivity contribution >= 4 is 69.6 Å². The van der Waals surface area contributed by atoms with Crippen molar-refractivity contribution in [2.75, 3.05) is 13.1 Å². The van der Waals surface area contributed by atoms with Crippen molar-refractivity contribution in [3.63, 3.8) is 0 Å². The molecule has 0 amide bonds. The third-order valence-electron chi connectivity index (χ3n) is 15.4. The molecule has 1 saturated heterocycles. The fraction of sp³-hybridized carbons (Fsp3) is 0.617. The Morgan fingerprint density at radius 3 is 1.11 bits per heavy atom. The molecule has 3 aromatic rings. The van der Waals surface area contributed by atoms with E-state index in [2.05, 4.69) is 23.5 Å². The number of aliphatic hydroxyl groups is 3. The lowest BCUT2D eigenvalue weighted by Crippen LogP contribution is -2.48. The van der Waals surface area contributed by atoms with Gasteiger partial charge in [-0.3, -0.25) is 0 Å². The molecule has 10 heteroatoms. The molecule has 9 rings (SSSR count). The number of nitrogens with one attached hydrogen (secondary N) is 1. The number of benzene rings is 3. The van der Waals surface area contributed by atoms with Gasteiger partial charge in [0, 0.05) is 35.3 Å². The van der Waals surface area contributed by atoms with E-state index in [1.54, 1.807) is 0 Å². The molecule has 0 spiro atoms. The maximum atomic E-state index is 11.2. The summed E-state index contributed by atoms with van der Waals surface area (Å²) in [5.41, 5.74) is 2.40. The van der Waals surface area contributed by atoms with Crippen LogP contribution in [0.5, 0.6) is 0 Å². The highest BCUT2D eigenvalue weighted by molar-refractivity contribution is 6.43. The van der Waals surface area contributed by atoms with Gasteiger partial charge in [-0.2, -0.15) is 0 Å². The molecule has 1 heterocycles. The quantitative estimate of drug-likeness (QED) is 0.199. The van der Waals surface area contributed by atoms with Crippen molar-refractivity contribution in [2.45, 2.75) is 162 Å². The van der Waals surface area contributed by atoms with Gasteiger partial charge in [0.1, 0.15) is 0 Å². The van der Waals surface area contributed by atoms with Crippen LogP contribution in [-0.4, -0.2) is 45.7 Å². The Labute approximate surface area is 370 Å². The highest BCUT2D eigenvalue weighted by atomic mass is 35.5. The van der Waals surface area contributed by atoms with Gasteiger partial charge in [0.05, 0.1) is 47.4 Å². The molecule has 5 saturated carbocycles. The standard InChI is InChI=1S/2C16H20Cl2O.C15H19Cl2NO/c2*17-13-6-5-12(11-14(13)18)15(7-1-2-8-15)16(19)9-3-4-10-16;16-12-4-3-10(7-13(12)17)15(5-1-2-6-15)11-8-18-9-14(11)19/h2*5-6,11,19H,1-4,7-10H2;3-4,7,11,14,18-19H,1-2,5-6,8-9H2/t;;11?,14-/m..1/s1. The van der Waals surface area contributed by atoms with Crippen molar-refractivity contribution in [3.8, 4) is 0 Å². The van der Waals surface area contributed by atoms with Crippen molar-refractivity contribution in [2.24, 2.45) is 5.92 Å². The summed E-state index contributed by atoms with van der Waals surface area (Å²) in [4.78, 5) is 0. The van der Waals surface area contributed by atoms with Crippen LogP contribution in [-0.2, 0) is 16.2 Å². The number of hydrogen-bond acceptors (Lipinski definition) is 4. The average molecular weight is 899 g/mol. The molecule has 1 unspecified atom stereocenters. The van der Waals surface area contributed by atoms with Crippen molar-refractivity contribution in [1.29, 1.82) is 0 Å². The normalized spacial score (nSPS) is 26.5. The van der Waals surface area contributed by atoms with Crippen LogP contribution in [0.1, 0.15) is 145 Å². The van der Waals surface area contributed by atoms with Gasteiger partial charge in [-0.15, -0.1) is 0 Å². The van der Waals surface area contributed by atoms with Gasteiger partial charge in [-0.1, -0.05) is 152 Å². The highest BCUT2D eigenvalue weighted by Crippen LogP contribution is 2.57. The molecule has 2 atom stereocenters. The van der Waals surface area contributed by atoms with E-state index in [0.717, 1.165) is 96.4 Å². The first-order valence-corrected chi connectivity index (χ1v) is 23.8. The maximum Gasteiger partial charge on any atom is 0.0743 e. The number of rotatable bonds is 6. The maximum absolute atomic E-state index is 11.2. The molecule has 312 valence electrons. The Morgan fingerprint density at radius 1 is 0.421 bits per heavy atom. The van der Waals surface area contributed by atoms with Crippen molar-refractivity contribution in [1.82, 2.24) is 5.32 Å². The van der Waals surface area contributed by atoms with Crippen LogP contribution in [0.15, 0.2) is 54.6 Å². The summed E-state index contributed by atoms with van der Waals surface area (Å²) >= 11 is 36.7. The fourth-order valence-electron chi connectivity index (χ4n) is 12.4. The first kappa shape index (κ1) is 44.3. The first-order valence-electron chi connectivity index (χ1n) is 21.5. The van der Waals surface area contributed by atoms with Crippen LogP contribution >= 0.6 is 69.6 Å². The van der Waals surface area contributed by atoms with E-state index < -0.39 is 11.2 Å². The van der Waals surface area contributed by atoms with E-state index in [1.807, 2.05) is 36.4 Å². The van der Waals surface area contributed by atoms with Gasteiger partial charge in [0.2, 0.25) is 0 Å². The van der Waals surface area contributed by atoms with Gasteiger partial charge in [-0.05, 0) is 117 Å². The Balaban J connectivity index is 0.000000131. The molecular weight excluding hydrogens is 839 g/mol. The smallest absolute Gasteiger partial charge is 0.0743 e. The molecule has 6 aliphatic rings. The summed E-state index contributed by atoms with van der Waals surface area (Å²) < 4.78 is 0. The Hall–Kier alpha value is -0.760. The van der Waals surface area contributed by atoms with Crippen LogP contribution in [0.25, 0.3) is 0 Å². The Morgan fingerprint density at radius 2 is 0.754 bits per heavy atom. The van der Waals surface area contributed by atoms with Gasteiger partial charge >= 0.3 is 0 Å². The fourth-order valence-corrected chi connectivity index (χ4v) is 13.3. The van der Waals surface area contributed by atoms with Crippen LogP contribution in [0.2, 0.25) is 30.1 Å². The summed E-state index contributed by atoms with van der Waals surface area (Å²) in [6.45, 7) is 1.59. The molecule has 3 aromatic carbocycles. The number of halogens is 6. The van der Waals surface area contributed by atoms with Crippen molar-refractivity contribution in [3.05, 3.63) is 101 Å². The Kier molecular flexibility index (Phi) is 14.2. The van der Waals surface area contributed by atoms with E-state index in [4.69, 9.17) is 69.6 Å². The number of β-amino-alcohol motifs (C(OH)–C–C–N with tert-alkyl or cyclic N) is 1. The minimum atomic E-state index is -0.541. The van der Waals surface area contributed by atoms with Gasteiger partial charge < -0.3 is 20.6 Å². The summed E-state index contributed by atoms with van der Waals surface area (Å²) in [6.07, 6.45) is 21.8. The van der Waals surface area contributed by atoms with Crippen LogP contribution in [0.4, 0.5) is 0 Å². The predicted octanol–water partition coefficient (Wildman–Crippen LogP) is 13.6. The van der Waals surface area contributed by atoms with E-state index in [-0.39, 0.29) is 28.3 Å². The molecule has 0 radical (unpaired) electrons. The minimum absolute atomic E-state index is 0.0666. The second-order valence-electron chi connectivity index (χ2n) is 18.1. The SMILES string of the molecule is OC1(C2(c3ccc(Cl)c(Cl)c3)CCCC2)CCCC1.OC1(C2(c3ccc(Cl)c(Cl)c3)CCCC2)CCCC1.O[C@@H]1CNCC1C1(c2ccc(Cl)c(Cl)c2)CCCC1. The molecule has 1 aliphatic heterocycles. The Bertz CT molecular complexity index is 1750. The largest absolute Gasteiger partial charge is 0.391 e. The highest BCUT2D eigenvalue weighted by Gasteiger charge is 2.55. The monoisotopic (exact) mass is 895 g/mol. The second-order valence-corrected chi connectivity index (χ2v) is 20.6. The van der Waals surface area contributed by atoms with Gasteiger partial charge in [-0.25, -0.2) is 0 Å². The van der Waals surface area contributed by atoms with E-state index in [9.17, 15) is 15.3 Å². The minimum Gasteiger partial charge on any atom is -0.391 e. The molecule has 4 N–H and O–H groups in total. The van der Waals surface area contributed by atoms with E-state index in [0.29, 0.717) is 36.7 Å². The molecule has 5 aliphatic carbocycles. The zero-order chi connectivity index (χ0) is 40.5. The summed E-state index contributed by atoms with van der Waals surface area (Å²) in [5.74, 6) is 0.284. The molecular formula is C47H59Cl6NO3. The van der Waals surface area contributed by atoms with Crippen molar-refractivity contribution < 1.29 is 15.3 Å². The molecule has 6 fully saturated rings. The summed E-state index contributed by atoms with van der Waals surface area (Å²) in [6, 6.07) is 17.8. The lowest BCUT2D eigenvalue weighted by Gasteiger charge is -2.44. The zero-order valence-electron chi connectivity index (χ0n) is 33.0. The molecule has 4 nitrogen and oxygen atoms in total. The summed E-state index contributed by atoms with van der Waals surface area (Å²) in [5, 5.41) is 39.6. The predicted molar refractivity (Wildman–Crippen MR) is 239 cm³/mol. The topological polar surface area (TPSA) is 72.7 Å². The van der Waals surface area contributed by atoms with E-state index in [1.165, 1.54) is 55.2 Å². The van der Waals surface area contributed by atoms with Crippen LogP contribution < -0.4 is 5.32 Å². The molecule has 0 bridgehead atoms.